The molecule has 2 heterocycles. The fraction of sp³-hybridized carbons (Fsp3) is 0. The molecule has 5 nitrogen and oxygen atoms in total. The molecule has 0 aliphatic carbocycles. The van der Waals surface area contributed by atoms with Crippen LogP contribution in [-0.2, 0) is 0 Å². The highest BCUT2D eigenvalue weighted by Crippen LogP contribution is 2.12. The van der Waals surface area contributed by atoms with E-state index < -0.39 is 0 Å². The summed E-state index contributed by atoms with van der Waals surface area (Å²) >= 11 is 11.3. The number of hydrogen-bond acceptors (Lipinski definition) is 3. The van der Waals surface area contributed by atoms with Gasteiger partial charge in [0.25, 0.3) is 5.91 Å². The molecule has 0 spiro atoms. The van der Waals surface area contributed by atoms with Gasteiger partial charge in [-0.3, -0.25) is 4.79 Å². The Morgan fingerprint density at radius 3 is 2.88 bits per heavy atom. The molecule has 0 aliphatic heterocycles. The minimum atomic E-state index is -0.346. The fourth-order valence-electron chi connectivity index (χ4n) is 1.09. The Kier molecular flexibility index (Phi) is 3.07. The van der Waals surface area contributed by atoms with Crippen LogP contribution in [0.25, 0.3) is 0 Å². The van der Waals surface area contributed by atoms with Gasteiger partial charge in [0, 0.05) is 12.4 Å². The van der Waals surface area contributed by atoms with E-state index >= 15 is 0 Å². The number of nitrogens with one attached hydrogen (secondary N) is 2. The molecule has 0 saturated heterocycles. The molecular formula is C9H6Cl2N4O. The summed E-state index contributed by atoms with van der Waals surface area (Å²) in [6, 6.07) is 3.05. The van der Waals surface area contributed by atoms with E-state index in [4.69, 9.17) is 23.2 Å². The van der Waals surface area contributed by atoms with Crippen LogP contribution in [0.2, 0.25) is 10.3 Å². The first-order valence-corrected chi connectivity index (χ1v) is 5.04. The van der Waals surface area contributed by atoms with Crippen LogP contribution in [0.15, 0.2) is 24.5 Å². The number of carbonyl (C=O) groups excluding carboxylic acids is 1. The molecule has 0 unspecified atom stereocenters. The molecule has 2 rings (SSSR count). The Hall–Kier alpha value is -1.59. The number of aromatic amines is 1. The number of nitrogens with zero attached hydrogens (tertiary/aromatic N) is 2. The van der Waals surface area contributed by atoms with Crippen molar-refractivity contribution >= 4 is 34.9 Å². The van der Waals surface area contributed by atoms with Crippen molar-refractivity contribution in [3.05, 3.63) is 40.5 Å². The average Bonchev–Trinajstić information content (AvgIpc) is 2.65. The second-order valence-electron chi connectivity index (χ2n) is 2.90. The van der Waals surface area contributed by atoms with Gasteiger partial charge in [-0.05, 0) is 23.7 Å². The van der Waals surface area contributed by atoms with E-state index in [1.165, 1.54) is 24.5 Å². The van der Waals surface area contributed by atoms with Crippen LogP contribution in [0.3, 0.4) is 0 Å². The van der Waals surface area contributed by atoms with Crippen molar-refractivity contribution in [3.63, 3.8) is 0 Å². The number of rotatable bonds is 2. The molecule has 0 aliphatic rings. The Bertz CT molecular complexity index is 526. The Labute approximate surface area is 101 Å². The van der Waals surface area contributed by atoms with Gasteiger partial charge in [-0.25, -0.2) is 9.97 Å². The maximum absolute atomic E-state index is 11.6. The monoisotopic (exact) mass is 256 g/mol. The molecule has 0 atom stereocenters. The molecule has 0 saturated carbocycles. The number of halogens is 2. The predicted molar refractivity (Wildman–Crippen MR) is 60.8 cm³/mol. The highest BCUT2D eigenvalue weighted by molar-refractivity contribution is 6.31. The lowest BCUT2D eigenvalue weighted by atomic mass is 10.4. The molecule has 7 heteroatoms. The molecule has 2 aromatic rings. The van der Waals surface area contributed by atoms with Crippen molar-refractivity contribution in [1.29, 1.82) is 0 Å². The van der Waals surface area contributed by atoms with Crippen molar-refractivity contribution < 1.29 is 4.79 Å². The van der Waals surface area contributed by atoms with Crippen LogP contribution in [0.1, 0.15) is 10.5 Å². The third-order valence-corrected chi connectivity index (χ3v) is 2.16. The maximum atomic E-state index is 11.6. The largest absolute Gasteiger partial charge is 0.356 e. The molecule has 0 bridgehead atoms. The second kappa shape index (κ2) is 4.51. The van der Waals surface area contributed by atoms with Crippen LogP contribution in [-0.4, -0.2) is 20.9 Å². The lowest BCUT2D eigenvalue weighted by Crippen LogP contribution is -2.13. The minimum absolute atomic E-state index is 0.0716. The molecule has 82 valence electrons. The van der Waals surface area contributed by atoms with E-state index in [0.29, 0.717) is 16.5 Å². The topological polar surface area (TPSA) is 70.7 Å². The van der Waals surface area contributed by atoms with Crippen molar-refractivity contribution in [2.45, 2.75) is 0 Å². The molecule has 2 N–H and O–H groups in total. The zero-order valence-electron chi connectivity index (χ0n) is 7.87. The van der Waals surface area contributed by atoms with Gasteiger partial charge in [-0.1, -0.05) is 11.6 Å². The van der Waals surface area contributed by atoms with E-state index in [1.54, 1.807) is 0 Å². The first-order valence-electron chi connectivity index (χ1n) is 4.29. The van der Waals surface area contributed by atoms with Gasteiger partial charge in [0.1, 0.15) is 11.5 Å². The van der Waals surface area contributed by atoms with Gasteiger partial charge in [0.15, 0.2) is 0 Å². The zero-order valence-corrected chi connectivity index (χ0v) is 9.38. The number of amides is 1. The summed E-state index contributed by atoms with van der Waals surface area (Å²) in [5, 5.41) is 3.08. The summed E-state index contributed by atoms with van der Waals surface area (Å²) in [5.74, 6) is -0.0163. The summed E-state index contributed by atoms with van der Waals surface area (Å²) in [6.45, 7) is 0. The fourth-order valence-corrected chi connectivity index (χ4v) is 1.40. The molecule has 16 heavy (non-hydrogen) atoms. The van der Waals surface area contributed by atoms with Gasteiger partial charge >= 0.3 is 0 Å². The van der Waals surface area contributed by atoms with Crippen molar-refractivity contribution in [1.82, 2.24) is 15.0 Å². The highest BCUT2D eigenvalue weighted by atomic mass is 35.5. The molecule has 2 aromatic heterocycles. The number of carbonyl (C=O) groups is 1. The Morgan fingerprint density at radius 2 is 2.25 bits per heavy atom. The van der Waals surface area contributed by atoms with Gasteiger partial charge < -0.3 is 10.3 Å². The van der Waals surface area contributed by atoms with Crippen LogP contribution in [0.5, 0.6) is 0 Å². The van der Waals surface area contributed by atoms with Gasteiger partial charge in [0.2, 0.25) is 5.28 Å². The molecule has 1 amide bonds. The highest BCUT2D eigenvalue weighted by Gasteiger charge is 2.09. The predicted octanol–water partition coefficient (Wildman–Crippen LogP) is 2.36. The zero-order chi connectivity index (χ0) is 11.5. The van der Waals surface area contributed by atoms with Crippen molar-refractivity contribution in [2.24, 2.45) is 0 Å². The molecule has 0 radical (unpaired) electrons. The summed E-state index contributed by atoms with van der Waals surface area (Å²) in [7, 11) is 0. The van der Waals surface area contributed by atoms with Crippen LogP contribution >= 0.6 is 23.2 Å². The van der Waals surface area contributed by atoms with E-state index in [2.05, 4.69) is 20.3 Å². The quantitative estimate of drug-likeness (QED) is 0.811. The van der Waals surface area contributed by atoms with Crippen LogP contribution in [0, 0.1) is 0 Å². The van der Waals surface area contributed by atoms with E-state index in [0.717, 1.165) is 0 Å². The molecule has 0 fully saturated rings. The third kappa shape index (κ3) is 2.50. The molecular weight excluding hydrogens is 251 g/mol. The maximum Gasteiger partial charge on any atom is 0.273 e. The standard InChI is InChI=1S/C9H6Cl2N4O/c10-5-3-6(13-4-5)8(16)14-7-1-2-12-9(11)15-7/h1-4,13H,(H,12,14,15,16). The van der Waals surface area contributed by atoms with E-state index in [-0.39, 0.29) is 11.2 Å². The van der Waals surface area contributed by atoms with Crippen molar-refractivity contribution in [2.75, 3.05) is 5.32 Å². The van der Waals surface area contributed by atoms with Gasteiger partial charge in [-0.2, -0.15) is 0 Å². The normalized spacial score (nSPS) is 10.1. The van der Waals surface area contributed by atoms with E-state index in [9.17, 15) is 4.79 Å². The lowest BCUT2D eigenvalue weighted by Gasteiger charge is -2.01. The van der Waals surface area contributed by atoms with Crippen molar-refractivity contribution in [3.8, 4) is 0 Å². The smallest absolute Gasteiger partial charge is 0.273 e. The SMILES string of the molecule is O=C(Nc1ccnc(Cl)n1)c1cc(Cl)c[nH]1. The van der Waals surface area contributed by atoms with E-state index in [1.807, 2.05) is 0 Å². The van der Waals surface area contributed by atoms with Gasteiger partial charge in [0.05, 0.1) is 5.02 Å². The Balaban J connectivity index is 2.13. The molecule has 0 aromatic carbocycles. The number of anilines is 1. The summed E-state index contributed by atoms with van der Waals surface area (Å²) in [6.07, 6.45) is 2.97. The number of hydrogen-bond donors (Lipinski definition) is 2. The summed E-state index contributed by atoms with van der Waals surface area (Å²) in [4.78, 5) is 21.9. The first-order chi connectivity index (χ1) is 7.65. The van der Waals surface area contributed by atoms with Gasteiger partial charge in [-0.15, -0.1) is 0 Å². The second-order valence-corrected chi connectivity index (χ2v) is 3.67. The van der Waals surface area contributed by atoms with Crippen LogP contribution in [0.4, 0.5) is 5.82 Å². The first kappa shape index (κ1) is 10.9. The lowest BCUT2D eigenvalue weighted by molar-refractivity contribution is 0.102. The summed E-state index contributed by atoms with van der Waals surface area (Å²) < 4.78 is 0. The Morgan fingerprint density at radius 1 is 1.44 bits per heavy atom. The average molecular weight is 257 g/mol. The minimum Gasteiger partial charge on any atom is -0.356 e. The number of H-pyrrole nitrogens is 1. The third-order valence-electron chi connectivity index (χ3n) is 1.76. The summed E-state index contributed by atoms with van der Waals surface area (Å²) in [5.41, 5.74) is 0.347. The van der Waals surface area contributed by atoms with Crippen LogP contribution < -0.4 is 5.32 Å². The number of aromatic nitrogens is 3.